The normalized spacial score (nSPS) is 14.8. The standard InChI is InChI=1S/C36H57F6NO4Si3/c1-32(2,3)48(11,12)45-28-18-17-24(21-29(28)46-49(13,14)33(4,5)6)30(47-50(15,16)34(7,8)9)23-43(10)31(44)25-19-26(35(37,38)39)22-27(20-25)36(40,41)42/h17-22,30H,23H2,1-16H3. The summed E-state index contributed by atoms with van der Waals surface area (Å²) in [4.78, 5) is 14.7. The van der Waals surface area contributed by atoms with Crippen LogP contribution in [0.1, 0.15) is 95.5 Å². The SMILES string of the molecule is CN(CC(O[Si](C)(C)C(C)(C)C)c1ccc(O[Si](C)(C)C(C)(C)C)c(O[Si](C)(C)C(C)(C)C)c1)C(=O)c1cc(C(F)(F)F)cc(C(F)(F)F)c1. The summed E-state index contributed by atoms with van der Waals surface area (Å²) in [6.45, 7) is 31.4. The molecule has 0 spiro atoms. The second-order valence-electron chi connectivity index (χ2n) is 17.8. The Morgan fingerprint density at radius 2 is 1.04 bits per heavy atom. The molecule has 0 fully saturated rings. The molecule has 2 aromatic carbocycles. The number of benzene rings is 2. The molecule has 0 saturated carbocycles. The van der Waals surface area contributed by atoms with Crippen molar-refractivity contribution in [2.24, 2.45) is 0 Å². The summed E-state index contributed by atoms with van der Waals surface area (Å²) < 4.78 is 102. The number of hydrogen-bond acceptors (Lipinski definition) is 4. The molecule has 2 rings (SSSR count). The zero-order chi connectivity index (χ0) is 39.3. The van der Waals surface area contributed by atoms with Gasteiger partial charge in [-0.05, 0) is 90.3 Å². The quantitative estimate of drug-likeness (QED) is 0.179. The van der Waals surface area contributed by atoms with Crippen molar-refractivity contribution in [2.75, 3.05) is 13.6 Å². The number of hydrogen-bond donors (Lipinski definition) is 0. The average molecular weight is 766 g/mol. The van der Waals surface area contributed by atoms with Gasteiger partial charge in [-0.1, -0.05) is 68.4 Å². The highest BCUT2D eigenvalue weighted by Gasteiger charge is 2.44. The third-order valence-corrected chi connectivity index (χ3v) is 23.7. The second-order valence-corrected chi connectivity index (χ2v) is 32.0. The minimum Gasteiger partial charge on any atom is -0.541 e. The second kappa shape index (κ2) is 14.3. The predicted molar refractivity (Wildman–Crippen MR) is 197 cm³/mol. The first kappa shape index (κ1) is 43.9. The van der Waals surface area contributed by atoms with Crippen molar-refractivity contribution in [2.45, 2.75) is 135 Å². The number of nitrogens with zero attached hydrogens (tertiary/aromatic N) is 1. The summed E-state index contributed by atoms with van der Waals surface area (Å²) in [6, 6.07) is 6.45. The predicted octanol–water partition coefficient (Wildman–Crippen LogP) is 12.3. The molecule has 50 heavy (non-hydrogen) atoms. The average Bonchev–Trinajstić information content (AvgIpc) is 2.89. The Morgan fingerprint density at radius 1 is 0.640 bits per heavy atom. The van der Waals surface area contributed by atoms with Crippen molar-refractivity contribution >= 4 is 30.9 Å². The van der Waals surface area contributed by atoms with Crippen LogP contribution in [-0.2, 0) is 16.8 Å². The van der Waals surface area contributed by atoms with E-state index in [0.29, 0.717) is 29.2 Å². The molecule has 0 aliphatic heterocycles. The molecule has 0 heterocycles. The topological polar surface area (TPSA) is 48.0 Å². The van der Waals surface area contributed by atoms with Crippen molar-refractivity contribution in [3.05, 3.63) is 58.7 Å². The van der Waals surface area contributed by atoms with Crippen molar-refractivity contribution in [3.63, 3.8) is 0 Å². The van der Waals surface area contributed by atoms with Crippen molar-refractivity contribution < 1.29 is 44.4 Å². The zero-order valence-electron chi connectivity index (χ0n) is 32.6. The van der Waals surface area contributed by atoms with Crippen LogP contribution in [0, 0.1) is 0 Å². The zero-order valence-corrected chi connectivity index (χ0v) is 35.6. The molecule has 284 valence electrons. The molecular weight excluding hydrogens is 709 g/mol. The Labute approximate surface area is 298 Å². The summed E-state index contributed by atoms with van der Waals surface area (Å²) in [5, 5.41) is -0.518. The summed E-state index contributed by atoms with van der Waals surface area (Å²) >= 11 is 0. The van der Waals surface area contributed by atoms with Crippen molar-refractivity contribution in [1.29, 1.82) is 0 Å². The summed E-state index contributed by atoms with van der Waals surface area (Å²) in [7, 11) is -5.95. The van der Waals surface area contributed by atoms with Gasteiger partial charge in [0.25, 0.3) is 22.5 Å². The number of carbonyl (C=O) groups is 1. The van der Waals surface area contributed by atoms with Crippen LogP contribution in [0.5, 0.6) is 11.5 Å². The van der Waals surface area contributed by atoms with Gasteiger partial charge in [-0.25, -0.2) is 0 Å². The lowest BCUT2D eigenvalue weighted by atomic mass is 10.0. The largest absolute Gasteiger partial charge is 0.541 e. The number of halogens is 6. The van der Waals surface area contributed by atoms with Gasteiger partial charge in [-0.3, -0.25) is 4.79 Å². The van der Waals surface area contributed by atoms with Gasteiger partial charge in [0.05, 0.1) is 17.2 Å². The smallest absolute Gasteiger partial charge is 0.416 e. The molecule has 1 amide bonds. The third kappa shape index (κ3) is 10.6. The lowest BCUT2D eigenvalue weighted by Crippen LogP contribution is -2.46. The highest BCUT2D eigenvalue weighted by atomic mass is 28.4. The Hall–Kier alpha value is -2.30. The van der Waals surface area contributed by atoms with E-state index in [1.54, 1.807) is 0 Å². The van der Waals surface area contributed by atoms with E-state index in [9.17, 15) is 31.1 Å². The first-order valence-electron chi connectivity index (χ1n) is 16.7. The fourth-order valence-electron chi connectivity index (χ4n) is 4.12. The van der Waals surface area contributed by atoms with Gasteiger partial charge >= 0.3 is 12.4 Å². The van der Waals surface area contributed by atoms with E-state index in [-0.39, 0.29) is 27.7 Å². The van der Waals surface area contributed by atoms with Crippen molar-refractivity contribution in [1.82, 2.24) is 4.90 Å². The lowest BCUT2D eigenvalue weighted by molar-refractivity contribution is -0.143. The van der Waals surface area contributed by atoms with E-state index >= 15 is 0 Å². The molecule has 1 unspecified atom stereocenters. The molecule has 0 N–H and O–H groups in total. The van der Waals surface area contributed by atoms with Gasteiger partial charge in [0, 0.05) is 19.2 Å². The van der Waals surface area contributed by atoms with Gasteiger partial charge in [0.2, 0.25) is 0 Å². The molecule has 2 aromatic rings. The van der Waals surface area contributed by atoms with E-state index in [1.807, 2.05) is 31.3 Å². The monoisotopic (exact) mass is 765 g/mol. The molecule has 1 atom stereocenters. The minimum atomic E-state index is -5.09. The molecule has 0 saturated heterocycles. The van der Waals surface area contributed by atoms with Crippen LogP contribution >= 0.6 is 0 Å². The van der Waals surface area contributed by atoms with Crippen LogP contribution in [-0.4, -0.2) is 49.4 Å². The van der Waals surface area contributed by atoms with Gasteiger partial charge in [0.1, 0.15) is 11.5 Å². The van der Waals surface area contributed by atoms with Crippen LogP contribution in [0.15, 0.2) is 36.4 Å². The van der Waals surface area contributed by atoms with Gasteiger partial charge in [-0.2, -0.15) is 26.3 Å². The van der Waals surface area contributed by atoms with Gasteiger partial charge < -0.3 is 18.2 Å². The third-order valence-electron chi connectivity index (χ3n) is 10.5. The fourth-order valence-corrected chi connectivity index (χ4v) is 7.43. The summed E-state index contributed by atoms with van der Waals surface area (Å²) in [5.41, 5.74) is -3.18. The molecule has 0 aliphatic rings. The van der Waals surface area contributed by atoms with E-state index in [0.717, 1.165) is 4.90 Å². The van der Waals surface area contributed by atoms with Crippen molar-refractivity contribution in [3.8, 4) is 11.5 Å². The van der Waals surface area contributed by atoms with E-state index in [4.69, 9.17) is 13.3 Å². The van der Waals surface area contributed by atoms with Crippen LogP contribution in [0.2, 0.25) is 54.4 Å². The first-order valence-corrected chi connectivity index (χ1v) is 25.5. The molecule has 0 radical (unpaired) electrons. The van der Waals surface area contributed by atoms with E-state index in [2.05, 4.69) is 88.5 Å². The number of alkyl halides is 6. The molecule has 0 aliphatic carbocycles. The number of likely N-dealkylation sites (N-methyl/N-ethyl adjacent to an activating group) is 1. The highest BCUT2D eigenvalue weighted by molar-refractivity contribution is 6.75. The van der Waals surface area contributed by atoms with Crippen LogP contribution < -0.4 is 8.85 Å². The highest BCUT2D eigenvalue weighted by Crippen LogP contribution is 2.46. The number of rotatable bonds is 10. The van der Waals surface area contributed by atoms with Gasteiger partial charge in [-0.15, -0.1) is 0 Å². The molecule has 0 aromatic heterocycles. The summed E-state index contributed by atoms with van der Waals surface area (Å²) in [6.07, 6.45) is -11.0. The Kier molecular flexibility index (Phi) is 12.5. The number of amides is 1. The van der Waals surface area contributed by atoms with E-state index in [1.165, 1.54) is 7.05 Å². The Morgan fingerprint density at radius 3 is 1.42 bits per heavy atom. The summed E-state index contributed by atoms with van der Waals surface area (Å²) in [5.74, 6) is 0.120. The molecule has 14 heteroatoms. The minimum absolute atomic E-state index is 0.0114. The molecule has 0 bridgehead atoms. The maximum atomic E-state index is 13.6. The van der Waals surface area contributed by atoms with E-state index < -0.39 is 66.0 Å². The Bertz CT molecular complexity index is 1490. The van der Waals surface area contributed by atoms with Gasteiger partial charge in [0.15, 0.2) is 8.32 Å². The maximum Gasteiger partial charge on any atom is 0.416 e. The first-order chi connectivity index (χ1) is 22.0. The molecular formula is C36H57F6NO4Si3. The van der Waals surface area contributed by atoms with Crippen LogP contribution in [0.4, 0.5) is 26.3 Å². The van der Waals surface area contributed by atoms with Crippen LogP contribution in [0.3, 0.4) is 0 Å². The van der Waals surface area contributed by atoms with Crippen LogP contribution in [0.25, 0.3) is 0 Å². The number of carbonyl (C=O) groups excluding carboxylic acids is 1. The lowest BCUT2D eigenvalue weighted by Gasteiger charge is -2.41. The fraction of sp³-hybridized carbons (Fsp3) is 0.639. The Balaban J connectivity index is 2.76. The maximum absolute atomic E-state index is 13.6. The molecule has 5 nitrogen and oxygen atoms in total.